The predicted molar refractivity (Wildman–Crippen MR) is 68.3 cm³/mol. The molecule has 1 amide bonds. The number of benzene rings is 1. The van der Waals surface area contributed by atoms with Crippen LogP contribution in [0, 0.1) is 5.92 Å². The SMILES string of the molecule is CC(Oc1ccccc1)C(=O)NCC(O)C1CC1. The Morgan fingerprint density at radius 3 is 2.72 bits per heavy atom. The van der Waals surface area contributed by atoms with Crippen molar-refractivity contribution in [3.63, 3.8) is 0 Å². The summed E-state index contributed by atoms with van der Waals surface area (Å²) in [6, 6.07) is 9.23. The lowest BCUT2D eigenvalue weighted by Gasteiger charge is -2.16. The van der Waals surface area contributed by atoms with Crippen LogP contribution in [-0.2, 0) is 4.79 Å². The lowest BCUT2D eigenvalue weighted by atomic mass is 10.2. The van der Waals surface area contributed by atoms with Gasteiger partial charge in [-0.05, 0) is 37.8 Å². The second-order valence-corrected chi connectivity index (χ2v) is 4.72. The van der Waals surface area contributed by atoms with Crippen LogP contribution in [0.5, 0.6) is 5.75 Å². The van der Waals surface area contributed by atoms with E-state index in [-0.39, 0.29) is 5.91 Å². The minimum atomic E-state index is -0.557. The number of nitrogens with one attached hydrogen (secondary N) is 1. The van der Waals surface area contributed by atoms with E-state index in [1.807, 2.05) is 30.3 Å². The summed E-state index contributed by atoms with van der Waals surface area (Å²) >= 11 is 0. The summed E-state index contributed by atoms with van der Waals surface area (Å²) in [5, 5.41) is 12.4. The number of amides is 1. The van der Waals surface area contributed by atoms with Gasteiger partial charge in [-0.2, -0.15) is 0 Å². The average Bonchev–Trinajstić information content (AvgIpc) is 3.21. The first-order valence-corrected chi connectivity index (χ1v) is 6.34. The van der Waals surface area contributed by atoms with Gasteiger partial charge in [0.25, 0.3) is 5.91 Å². The third-order valence-electron chi connectivity index (χ3n) is 3.08. The number of aliphatic hydroxyl groups is 1. The molecule has 18 heavy (non-hydrogen) atoms. The maximum atomic E-state index is 11.7. The molecule has 1 saturated carbocycles. The molecule has 0 aromatic heterocycles. The first kappa shape index (κ1) is 12.9. The maximum absolute atomic E-state index is 11.7. The van der Waals surface area contributed by atoms with Gasteiger partial charge >= 0.3 is 0 Å². The van der Waals surface area contributed by atoms with E-state index in [1.54, 1.807) is 6.92 Å². The summed E-state index contributed by atoms with van der Waals surface area (Å²) in [5.74, 6) is 0.845. The molecule has 0 heterocycles. The van der Waals surface area contributed by atoms with Crippen LogP contribution < -0.4 is 10.1 Å². The molecule has 2 rings (SSSR count). The third kappa shape index (κ3) is 3.74. The molecule has 1 aromatic rings. The molecule has 0 saturated heterocycles. The molecule has 2 atom stereocenters. The van der Waals surface area contributed by atoms with Crippen LogP contribution in [0.1, 0.15) is 19.8 Å². The fourth-order valence-electron chi connectivity index (χ4n) is 1.75. The fourth-order valence-corrected chi connectivity index (χ4v) is 1.75. The van der Waals surface area contributed by atoms with Crippen molar-refractivity contribution in [1.29, 1.82) is 0 Å². The highest BCUT2D eigenvalue weighted by molar-refractivity contribution is 5.80. The molecule has 98 valence electrons. The van der Waals surface area contributed by atoms with Crippen LogP contribution in [0.15, 0.2) is 30.3 Å². The zero-order valence-electron chi connectivity index (χ0n) is 10.5. The number of carbonyl (C=O) groups excluding carboxylic acids is 1. The molecule has 4 heteroatoms. The molecular weight excluding hydrogens is 230 g/mol. The van der Waals surface area contributed by atoms with Crippen molar-refractivity contribution in [2.24, 2.45) is 5.92 Å². The minimum absolute atomic E-state index is 0.196. The Hall–Kier alpha value is -1.55. The zero-order chi connectivity index (χ0) is 13.0. The van der Waals surface area contributed by atoms with Crippen molar-refractivity contribution in [2.45, 2.75) is 32.0 Å². The van der Waals surface area contributed by atoms with Gasteiger partial charge in [0.15, 0.2) is 6.10 Å². The number of para-hydroxylation sites is 1. The number of hydrogen-bond acceptors (Lipinski definition) is 3. The standard InChI is InChI=1S/C14H19NO3/c1-10(18-12-5-3-2-4-6-12)14(17)15-9-13(16)11-7-8-11/h2-6,10-11,13,16H,7-9H2,1H3,(H,15,17). The molecule has 0 aliphatic heterocycles. The molecule has 0 spiro atoms. The van der Waals surface area contributed by atoms with Gasteiger partial charge in [-0.25, -0.2) is 0 Å². The Kier molecular flexibility index (Phi) is 4.20. The Balaban J connectivity index is 1.74. The summed E-state index contributed by atoms with van der Waals surface area (Å²) in [6.07, 6.45) is 1.15. The van der Waals surface area contributed by atoms with Crippen molar-refractivity contribution in [2.75, 3.05) is 6.54 Å². The summed E-state index contributed by atoms with van der Waals surface area (Å²) < 4.78 is 5.49. The van der Waals surface area contributed by atoms with Crippen molar-refractivity contribution in [1.82, 2.24) is 5.32 Å². The Labute approximate surface area is 107 Å². The molecule has 1 fully saturated rings. The van der Waals surface area contributed by atoms with Crippen LogP contribution in [-0.4, -0.2) is 29.8 Å². The monoisotopic (exact) mass is 249 g/mol. The molecular formula is C14H19NO3. The molecule has 1 aliphatic carbocycles. The number of aliphatic hydroxyl groups excluding tert-OH is 1. The van der Waals surface area contributed by atoms with Crippen molar-refractivity contribution < 1.29 is 14.6 Å². The van der Waals surface area contributed by atoms with Gasteiger partial charge in [-0.1, -0.05) is 18.2 Å². The minimum Gasteiger partial charge on any atom is -0.481 e. The van der Waals surface area contributed by atoms with E-state index < -0.39 is 12.2 Å². The molecule has 2 unspecified atom stereocenters. The highest BCUT2D eigenvalue weighted by Crippen LogP contribution is 2.32. The average molecular weight is 249 g/mol. The molecule has 0 radical (unpaired) electrons. The highest BCUT2D eigenvalue weighted by Gasteiger charge is 2.30. The van der Waals surface area contributed by atoms with E-state index in [9.17, 15) is 9.90 Å². The van der Waals surface area contributed by atoms with Crippen LogP contribution in [0.3, 0.4) is 0 Å². The summed E-state index contributed by atoms with van der Waals surface area (Å²) in [6.45, 7) is 2.01. The molecule has 1 aliphatic rings. The fraction of sp³-hybridized carbons (Fsp3) is 0.500. The molecule has 4 nitrogen and oxygen atoms in total. The van der Waals surface area contributed by atoms with Crippen LogP contribution in [0.25, 0.3) is 0 Å². The smallest absolute Gasteiger partial charge is 0.260 e. The summed E-state index contributed by atoms with van der Waals surface area (Å²) in [7, 11) is 0. The highest BCUT2D eigenvalue weighted by atomic mass is 16.5. The van der Waals surface area contributed by atoms with Crippen molar-refractivity contribution in [3.05, 3.63) is 30.3 Å². The van der Waals surface area contributed by atoms with Gasteiger partial charge < -0.3 is 15.2 Å². The van der Waals surface area contributed by atoms with Crippen LogP contribution >= 0.6 is 0 Å². The molecule has 0 bridgehead atoms. The van der Waals surface area contributed by atoms with Crippen LogP contribution in [0.4, 0.5) is 0 Å². The van der Waals surface area contributed by atoms with E-state index in [4.69, 9.17) is 4.74 Å². The van der Waals surface area contributed by atoms with E-state index in [1.165, 1.54) is 0 Å². The zero-order valence-corrected chi connectivity index (χ0v) is 10.5. The predicted octanol–water partition coefficient (Wildman–Crippen LogP) is 1.34. The van der Waals surface area contributed by atoms with Gasteiger partial charge in [-0.15, -0.1) is 0 Å². The number of rotatable bonds is 6. The van der Waals surface area contributed by atoms with E-state index in [2.05, 4.69) is 5.32 Å². The molecule has 1 aromatic carbocycles. The summed E-state index contributed by atoms with van der Waals surface area (Å²) in [4.78, 5) is 11.7. The quantitative estimate of drug-likeness (QED) is 0.800. The normalized spacial score (nSPS) is 17.9. The second kappa shape index (κ2) is 5.87. The maximum Gasteiger partial charge on any atom is 0.260 e. The lowest BCUT2D eigenvalue weighted by Crippen LogP contribution is -2.40. The first-order valence-electron chi connectivity index (χ1n) is 6.34. The van der Waals surface area contributed by atoms with E-state index >= 15 is 0 Å². The van der Waals surface area contributed by atoms with Crippen LogP contribution in [0.2, 0.25) is 0 Å². The van der Waals surface area contributed by atoms with Crippen molar-refractivity contribution >= 4 is 5.91 Å². The number of carbonyl (C=O) groups is 1. The van der Waals surface area contributed by atoms with Gasteiger partial charge in [0.1, 0.15) is 5.75 Å². The van der Waals surface area contributed by atoms with Crippen molar-refractivity contribution in [3.8, 4) is 5.75 Å². The largest absolute Gasteiger partial charge is 0.481 e. The van der Waals surface area contributed by atoms with E-state index in [0.29, 0.717) is 18.2 Å². The summed E-state index contributed by atoms with van der Waals surface area (Å²) in [5.41, 5.74) is 0. The first-order chi connectivity index (χ1) is 8.66. The molecule has 2 N–H and O–H groups in total. The third-order valence-corrected chi connectivity index (χ3v) is 3.08. The number of ether oxygens (including phenoxy) is 1. The van der Waals surface area contributed by atoms with E-state index in [0.717, 1.165) is 12.8 Å². The van der Waals surface area contributed by atoms with Gasteiger partial charge in [0.2, 0.25) is 0 Å². The van der Waals surface area contributed by atoms with Gasteiger partial charge in [-0.3, -0.25) is 4.79 Å². The topological polar surface area (TPSA) is 58.6 Å². The Morgan fingerprint density at radius 2 is 2.11 bits per heavy atom. The van der Waals surface area contributed by atoms with Gasteiger partial charge in [0.05, 0.1) is 6.10 Å². The number of hydrogen-bond donors (Lipinski definition) is 2. The Morgan fingerprint density at radius 1 is 1.44 bits per heavy atom. The Bertz CT molecular complexity index is 389. The second-order valence-electron chi connectivity index (χ2n) is 4.72. The lowest BCUT2D eigenvalue weighted by molar-refractivity contribution is -0.127. The van der Waals surface area contributed by atoms with Gasteiger partial charge in [0, 0.05) is 6.54 Å².